The molecule has 0 aliphatic carbocycles. The van der Waals surface area contributed by atoms with E-state index in [9.17, 15) is 23.9 Å². The summed E-state index contributed by atoms with van der Waals surface area (Å²) in [7, 11) is 0. The van der Waals surface area contributed by atoms with Crippen molar-refractivity contribution < 1.29 is 23.9 Å². The van der Waals surface area contributed by atoms with E-state index in [0.717, 1.165) is 4.90 Å². The van der Waals surface area contributed by atoms with Gasteiger partial charge in [-0.3, -0.25) is 19.7 Å². The van der Waals surface area contributed by atoms with Crippen LogP contribution < -0.4 is 15.5 Å². The number of aliphatic hydroxyl groups is 1. The highest BCUT2D eigenvalue weighted by Gasteiger charge is 2.71. The number of halogens is 1. The molecule has 0 radical (unpaired) electrons. The lowest BCUT2D eigenvalue weighted by Gasteiger charge is -2.30. The van der Waals surface area contributed by atoms with Crippen LogP contribution in [0.1, 0.15) is 12.5 Å². The monoisotopic (exact) mass is 395 g/mol. The smallest absolute Gasteiger partial charge is 0.250 e. The van der Waals surface area contributed by atoms with Gasteiger partial charge < -0.3 is 10.4 Å². The van der Waals surface area contributed by atoms with Crippen molar-refractivity contribution in [2.45, 2.75) is 24.6 Å². The number of carbonyl (C=O) groups excluding carboxylic acids is 3. The molecule has 2 aromatic rings. The molecule has 29 heavy (non-hydrogen) atoms. The quantitative estimate of drug-likeness (QED) is 0.663. The Labute approximate surface area is 165 Å². The zero-order valence-electron chi connectivity index (χ0n) is 15.4. The summed E-state index contributed by atoms with van der Waals surface area (Å²) in [6.07, 6.45) is -1.01. The average Bonchev–Trinajstić information content (AvgIpc) is 3.28. The molecule has 3 heterocycles. The Bertz CT molecular complexity index is 1070. The lowest BCUT2D eigenvalue weighted by Crippen LogP contribution is -2.55. The molecule has 3 N–H and O–H groups in total. The number of hydrogen-bond donors (Lipinski definition) is 3. The Balaban J connectivity index is 1.71. The van der Waals surface area contributed by atoms with Crippen LogP contribution in [0, 0.1) is 17.7 Å². The molecule has 2 saturated heterocycles. The topological polar surface area (TPSA) is 98.7 Å². The molecule has 0 saturated carbocycles. The molecule has 0 aromatic heterocycles. The first-order valence-electron chi connectivity index (χ1n) is 9.37. The lowest BCUT2D eigenvalue weighted by molar-refractivity contribution is -0.130. The van der Waals surface area contributed by atoms with Crippen molar-refractivity contribution in [1.82, 2.24) is 5.32 Å². The number of para-hydroxylation sites is 2. The van der Waals surface area contributed by atoms with Crippen molar-refractivity contribution in [3.63, 3.8) is 0 Å². The minimum absolute atomic E-state index is 0.150. The molecule has 1 spiro atoms. The third-order valence-corrected chi connectivity index (χ3v) is 6.17. The summed E-state index contributed by atoms with van der Waals surface area (Å²) in [6.45, 7) is 1.50. The fourth-order valence-corrected chi connectivity index (χ4v) is 4.97. The van der Waals surface area contributed by atoms with Gasteiger partial charge in [-0.1, -0.05) is 30.3 Å². The van der Waals surface area contributed by atoms with E-state index in [0.29, 0.717) is 11.3 Å². The van der Waals surface area contributed by atoms with Crippen LogP contribution in [-0.2, 0) is 19.9 Å². The third kappa shape index (κ3) is 2.15. The summed E-state index contributed by atoms with van der Waals surface area (Å²) in [4.78, 5) is 40.7. The van der Waals surface area contributed by atoms with Gasteiger partial charge in [0.15, 0.2) is 0 Å². The van der Waals surface area contributed by atoms with Crippen LogP contribution >= 0.6 is 0 Å². The zero-order valence-corrected chi connectivity index (χ0v) is 15.4. The number of nitrogens with one attached hydrogen (secondary N) is 2. The summed E-state index contributed by atoms with van der Waals surface area (Å²) in [5, 5.41) is 16.2. The molecule has 3 amide bonds. The Kier molecular flexibility index (Phi) is 3.68. The number of imide groups is 1. The van der Waals surface area contributed by atoms with Gasteiger partial charge in [-0.2, -0.15) is 0 Å². The number of aliphatic hydroxyl groups excluding tert-OH is 1. The van der Waals surface area contributed by atoms with Gasteiger partial charge in [0, 0.05) is 17.3 Å². The van der Waals surface area contributed by atoms with Crippen molar-refractivity contribution >= 4 is 29.1 Å². The molecule has 5 rings (SSSR count). The number of anilines is 2. The molecule has 2 fully saturated rings. The number of fused-ring (bicyclic) bond motifs is 4. The Morgan fingerprint density at radius 2 is 1.76 bits per heavy atom. The fourth-order valence-electron chi connectivity index (χ4n) is 4.97. The Morgan fingerprint density at radius 1 is 1.07 bits per heavy atom. The summed E-state index contributed by atoms with van der Waals surface area (Å²) in [5.74, 6) is -4.56. The van der Waals surface area contributed by atoms with Crippen LogP contribution in [0.4, 0.5) is 15.8 Å². The first kappa shape index (κ1) is 18.0. The molecular formula is C21H18FN3O4. The predicted octanol–water partition coefficient (Wildman–Crippen LogP) is 1.13. The van der Waals surface area contributed by atoms with E-state index >= 15 is 0 Å². The summed E-state index contributed by atoms with van der Waals surface area (Å²) in [6, 6.07) is 11.6. The van der Waals surface area contributed by atoms with Gasteiger partial charge >= 0.3 is 0 Å². The van der Waals surface area contributed by atoms with Crippen LogP contribution in [0.2, 0.25) is 0 Å². The van der Waals surface area contributed by atoms with Crippen molar-refractivity contribution in [1.29, 1.82) is 0 Å². The molecule has 148 valence electrons. The van der Waals surface area contributed by atoms with Gasteiger partial charge in [-0.15, -0.1) is 0 Å². The predicted molar refractivity (Wildman–Crippen MR) is 101 cm³/mol. The molecule has 3 aliphatic heterocycles. The molecule has 1 unspecified atom stereocenters. The van der Waals surface area contributed by atoms with Crippen molar-refractivity contribution in [3.05, 3.63) is 59.9 Å². The molecule has 7 nitrogen and oxygen atoms in total. The first-order chi connectivity index (χ1) is 13.9. The van der Waals surface area contributed by atoms with E-state index in [4.69, 9.17) is 0 Å². The highest BCUT2D eigenvalue weighted by Crippen LogP contribution is 2.53. The van der Waals surface area contributed by atoms with Gasteiger partial charge in [0.05, 0.1) is 23.6 Å². The molecule has 3 aliphatic rings. The molecule has 0 bridgehead atoms. The number of hydrogen-bond acceptors (Lipinski definition) is 5. The third-order valence-electron chi connectivity index (χ3n) is 6.17. The largest absolute Gasteiger partial charge is 0.392 e. The van der Waals surface area contributed by atoms with Gasteiger partial charge in [-0.05, 0) is 25.1 Å². The van der Waals surface area contributed by atoms with E-state index in [2.05, 4.69) is 10.6 Å². The van der Waals surface area contributed by atoms with Gasteiger partial charge in [-0.25, -0.2) is 9.29 Å². The first-order valence-corrected chi connectivity index (χ1v) is 9.37. The second-order valence-corrected chi connectivity index (χ2v) is 7.69. The summed E-state index contributed by atoms with van der Waals surface area (Å²) in [5.41, 5.74) is -0.572. The van der Waals surface area contributed by atoms with Crippen LogP contribution in [0.3, 0.4) is 0 Å². The lowest BCUT2D eigenvalue weighted by atomic mass is 9.76. The maximum atomic E-state index is 14.4. The Hall–Kier alpha value is -3.10. The van der Waals surface area contributed by atoms with Crippen molar-refractivity contribution in [2.75, 3.05) is 10.2 Å². The Morgan fingerprint density at radius 3 is 2.48 bits per heavy atom. The minimum Gasteiger partial charge on any atom is -0.392 e. The van der Waals surface area contributed by atoms with E-state index in [1.807, 2.05) is 0 Å². The van der Waals surface area contributed by atoms with E-state index < -0.39 is 53.1 Å². The van der Waals surface area contributed by atoms with Gasteiger partial charge in [0.25, 0.3) is 0 Å². The standard InChI is InChI=1S/C21H18FN3O4/c1-10(26)17-15-16(19(28)25(18(15)27)14-9-5-3-7-12(14)22)21(24-17)11-6-2-4-8-13(11)23-20(21)29/h2-10,15-17,24,26H,1H3,(H,23,29)/t10?,15-,16-,17-,21-/m0/s1. The highest BCUT2D eigenvalue weighted by atomic mass is 19.1. The second-order valence-electron chi connectivity index (χ2n) is 7.69. The minimum atomic E-state index is -1.50. The second kappa shape index (κ2) is 5.95. The molecule has 8 heteroatoms. The SMILES string of the molecule is CC(O)[C@@H]1N[C@]2(C(=O)Nc3ccccc32)[C@@H]2C(=O)N(c3ccccc3F)C(=O)[C@@H]21. The van der Waals surface area contributed by atoms with Crippen molar-refractivity contribution in [3.8, 4) is 0 Å². The maximum Gasteiger partial charge on any atom is 0.250 e. The number of nitrogens with zero attached hydrogens (tertiary/aromatic N) is 1. The zero-order chi connectivity index (χ0) is 20.5. The van der Waals surface area contributed by atoms with Gasteiger partial charge in [0.1, 0.15) is 11.4 Å². The fraction of sp³-hybridized carbons (Fsp3) is 0.286. The number of carbonyl (C=O) groups is 3. The van der Waals surface area contributed by atoms with Crippen LogP contribution in [0.5, 0.6) is 0 Å². The highest BCUT2D eigenvalue weighted by molar-refractivity contribution is 6.25. The van der Waals surface area contributed by atoms with Crippen molar-refractivity contribution in [2.24, 2.45) is 11.8 Å². The summed E-state index contributed by atoms with van der Waals surface area (Å²) < 4.78 is 14.4. The number of rotatable bonds is 2. The number of benzene rings is 2. The molecule has 2 aromatic carbocycles. The van der Waals surface area contributed by atoms with E-state index in [1.165, 1.54) is 31.2 Å². The van der Waals surface area contributed by atoms with E-state index in [1.54, 1.807) is 24.3 Å². The van der Waals surface area contributed by atoms with Crippen LogP contribution in [0.15, 0.2) is 48.5 Å². The summed E-state index contributed by atoms with van der Waals surface area (Å²) >= 11 is 0. The normalized spacial score (nSPS) is 31.2. The van der Waals surface area contributed by atoms with Gasteiger partial charge in [0.2, 0.25) is 17.7 Å². The molecule has 5 atom stereocenters. The number of amides is 3. The van der Waals surface area contributed by atoms with Crippen LogP contribution in [0.25, 0.3) is 0 Å². The average molecular weight is 395 g/mol. The maximum absolute atomic E-state index is 14.4. The van der Waals surface area contributed by atoms with E-state index in [-0.39, 0.29) is 5.69 Å². The molecular weight excluding hydrogens is 377 g/mol. The van der Waals surface area contributed by atoms with Crippen LogP contribution in [-0.4, -0.2) is 35.0 Å².